The van der Waals surface area contributed by atoms with Gasteiger partial charge in [0.25, 0.3) is 5.56 Å². The molecule has 0 fully saturated rings. The van der Waals surface area contributed by atoms with Crippen LogP contribution in [0.4, 0.5) is 0 Å². The van der Waals surface area contributed by atoms with Crippen molar-refractivity contribution in [3.63, 3.8) is 0 Å². The van der Waals surface area contributed by atoms with Gasteiger partial charge in [-0.1, -0.05) is 30.3 Å². The summed E-state index contributed by atoms with van der Waals surface area (Å²) >= 11 is 0. The Hall–Kier alpha value is -2.73. The third kappa shape index (κ3) is 2.88. The maximum atomic E-state index is 11.8. The van der Waals surface area contributed by atoms with Crippen LogP contribution in [0.15, 0.2) is 51.8 Å². The lowest BCUT2D eigenvalue weighted by atomic mass is 10.1. The lowest BCUT2D eigenvalue weighted by molar-refractivity contribution is 0.218. The Morgan fingerprint density at radius 3 is 2.92 bits per heavy atom. The molecule has 0 amide bonds. The molecule has 0 aliphatic carbocycles. The van der Waals surface area contributed by atoms with Gasteiger partial charge in [-0.25, -0.2) is 9.67 Å². The highest BCUT2D eigenvalue weighted by molar-refractivity contribution is 5.55. The molecular formula is C18H18N4O2. The molecule has 122 valence electrons. The van der Waals surface area contributed by atoms with Gasteiger partial charge in [0.15, 0.2) is 5.76 Å². The molecule has 1 aromatic carbocycles. The smallest absolute Gasteiger partial charge is 0.266 e. The van der Waals surface area contributed by atoms with Crippen LogP contribution in [0.25, 0.3) is 11.3 Å². The van der Waals surface area contributed by atoms with Crippen LogP contribution in [-0.4, -0.2) is 26.2 Å². The minimum absolute atomic E-state index is 0.0712. The Bertz CT molecular complexity index is 914. The van der Waals surface area contributed by atoms with E-state index in [-0.39, 0.29) is 5.56 Å². The second-order valence-electron chi connectivity index (χ2n) is 6.02. The fourth-order valence-electron chi connectivity index (χ4n) is 3.00. The summed E-state index contributed by atoms with van der Waals surface area (Å²) in [7, 11) is 1.69. The minimum atomic E-state index is -0.0712. The number of benzene rings is 1. The summed E-state index contributed by atoms with van der Waals surface area (Å²) in [5, 5.41) is 4.34. The monoisotopic (exact) mass is 322 g/mol. The molecule has 0 saturated heterocycles. The van der Waals surface area contributed by atoms with Gasteiger partial charge in [-0.2, -0.15) is 5.10 Å². The summed E-state index contributed by atoms with van der Waals surface area (Å²) in [5.74, 6) is 1.47. The van der Waals surface area contributed by atoms with Crippen LogP contribution in [0.2, 0.25) is 0 Å². The summed E-state index contributed by atoms with van der Waals surface area (Å²) in [6.07, 6.45) is 2.59. The van der Waals surface area contributed by atoms with Crippen molar-refractivity contribution in [2.24, 2.45) is 7.05 Å². The van der Waals surface area contributed by atoms with Crippen LogP contribution in [0.1, 0.15) is 17.1 Å². The number of nitrogens with zero attached hydrogens (tertiary/aromatic N) is 4. The maximum Gasteiger partial charge on any atom is 0.266 e. The van der Waals surface area contributed by atoms with E-state index >= 15 is 0 Å². The van der Waals surface area contributed by atoms with Gasteiger partial charge < -0.3 is 4.42 Å². The largest absolute Gasteiger partial charge is 0.439 e. The van der Waals surface area contributed by atoms with Gasteiger partial charge in [-0.05, 0) is 5.56 Å². The van der Waals surface area contributed by atoms with Crippen molar-refractivity contribution < 1.29 is 4.42 Å². The standard InChI is InChI=1S/C18H18N4O2/c1-21-18(23)9-14-11-22(8-7-15(14)20-21)12-17-19-10-16(24-17)13-5-3-2-4-6-13/h2-6,9-10H,7-8,11-12H2,1H3. The highest BCUT2D eigenvalue weighted by atomic mass is 16.4. The van der Waals surface area contributed by atoms with Crippen LogP contribution < -0.4 is 5.56 Å². The number of fused-ring (bicyclic) bond motifs is 1. The highest BCUT2D eigenvalue weighted by Gasteiger charge is 2.20. The molecule has 4 rings (SSSR count). The van der Waals surface area contributed by atoms with Crippen molar-refractivity contribution in [3.8, 4) is 11.3 Å². The fourth-order valence-corrected chi connectivity index (χ4v) is 3.00. The number of oxazole rings is 1. The summed E-state index contributed by atoms with van der Waals surface area (Å²) < 4.78 is 7.27. The fraction of sp³-hybridized carbons (Fsp3) is 0.278. The second-order valence-corrected chi connectivity index (χ2v) is 6.02. The van der Waals surface area contributed by atoms with Gasteiger partial charge in [0.2, 0.25) is 5.89 Å². The minimum Gasteiger partial charge on any atom is -0.439 e. The Morgan fingerprint density at radius 2 is 2.08 bits per heavy atom. The Balaban J connectivity index is 1.50. The van der Waals surface area contributed by atoms with Crippen molar-refractivity contribution in [3.05, 3.63) is 70.1 Å². The number of hydrogen-bond donors (Lipinski definition) is 0. The van der Waals surface area contributed by atoms with E-state index in [1.54, 1.807) is 19.3 Å². The van der Waals surface area contributed by atoms with Crippen LogP contribution in [-0.2, 0) is 26.6 Å². The third-order valence-electron chi connectivity index (χ3n) is 4.29. The van der Waals surface area contributed by atoms with Crippen molar-refractivity contribution >= 4 is 0 Å². The third-order valence-corrected chi connectivity index (χ3v) is 4.29. The molecule has 0 N–H and O–H groups in total. The lowest BCUT2D eigenvalue weighted by Crippen LogP contribution is -2.34. The van der Waals surface area contributed by atoms with Gasteiger partial charge >= 0.3 is 0 Å². The molecule has 3 aromatic rings. The van der Waals surface area contributed by atoms with E-state index in [1.165, 1.54) is 4.68 Å². The first-order valence-corrected chi connectivity index (χ1v) is 7.97. The average Bonchev–Trinajstić information content (AvgIpc) is 3.05. The number of aryl methyl sites for hydroxylation is 1. The summed E-state index contributed by atoms with van der Waals surface area (Å²) in [6.45, 7) is 2.20. The van der Waals surface area contributed by atoms with Crippen molar-refractivity contribution in [1.82, 2.24) is 19.7 Å². The van der Waals surface area contributed by atoms with Gasteiger partial charge in [0.05, 0.1) is 18.4 Å². The molecule has 24 heavy (non-hydrogen) atoms. The lowest BCUT2D eigenvalue weighted by Gasteiger charge is -2.26. The number of hydrogen-bond acceptors (Lipinski definition) is 5. The zero-order chi connectivity index (χ0) is 16.5. The molecule has 1 aliphatic heterocycles. The van der Waals surface area contributed by atoms with E-state index in [4.69, 9.17) is 4.42 Å². The number of aromatic nitrogens is 3. The molecule has 0 saturated carbocycles. The zero-order valence-electron chi connectivity index (χ0n) is 13.5. The van der Waals surface area contributed by atoms with E-state index < -0.39 is 0 Å². The van der Waals surface area contributed by atoms with Crippen LogP contribution in [0.5, 0.6) is 0 Å². The predicted molar refractivity (Wildman–Crippen MR) is 89.2 cm³/mol. The maximum absolute atomic E-state index is 11.8. The Kier molecular flexibility index (Phi) is 3.74. The van der Waals surface area contributed by atoms with Crippen LogP contribution in [0, 0.1) is 0 Å². The molecule has 1 aliphatic rings. The highest BCUT2D eigenvalue weighted by Crippen LogP contribution is 2.22. The Morgan fingerprint density at radius 1 is 1.25 bits per heavy atom. The van der Waals surface area contributed by atoms with Gasteiger partial charge in [0, 0.05) is 38.2 Å². The quantitative estimate of drug-likeness (QED) is 0.738. The molecule has 6 nitrogen and oxygen atoms in total. The molecule has 2 aromatic heterocycles. The van der Waals surface area contributed by atoms with E-state index in [2.05, 4.69) is 15.0 Å². The zero-order valence-corrected chi connectivity index (χ0v) is 13.5. The second kappa shape index (κ2) is 6.05. The summed E-state index contributed by atoms with van der Waals surface area (Å²) in [6, 6.07) is 11.6. The molecule has 6 heteroatoms. The predicted octanol–water partition coefficient (Wildman–Crippen LogP) is 1.99. The van der Waals surface area contributed by atoms with E-state index in [9.17, 15) is 4.79 Å². The molecular weight excluding hydrogens is 304 g/mol. The van der Waals surface area contributed by atoms with E-state index in [0.717, 1.165) is 35.5 Å². The molecule has 0 radical (unpaired) electrons. The molecule has 0 unspecified atom stereocenters. The normalized spacial score (nSPS) is 14.5. The first-order chi connectivity index (χ1) is 11.7. The Labute approximate surface area is 139 Å². The van der Waals surface area contributed by atoms with Crippen LogP contribution in [0.3, 0.4) is 0 Å². The first-order valence-electron chi connectivity index (χ1n) is 7.97. The number of rotatable bonds is 3. The molecule has 0 bridgehead atoms. The van der Waals surface area contributed by atoms with Gasteiger partial charge in [0.1, 0.15) is 0 Å². The molecule has 0 spiro atoms. The van der Waals surface area contributed by atoms with Crippen molar-refractivity contribution in [2.75, 3.05) is 6.54 Å². The summed E-state index contributed by atoms with van der Waals surface area (Å²) in [5.41, 5.74) is 2.95. The van der Waals surface area contributed by atoms with E-state index in [0.29, 0.717) is 19.0 Å². The van der Waals surface area contributed by atoms with Crippen molar-refractivity contribution in [2.45, 2.75) is 19.5 Å². The summed E-state index contributed by atoms with van der Waals surface area (Å²) in [4.78, 5) is 18.4. The SMILES string of the molecule is Cn1nc2c(cc1=O)CN(Cc1ncc(-c3ccccc3)o1)CC2. The topological polar surface area (TPSA) is 64.2 Å². The molecule has 0 atom stereocenters. The van der Waals surface area contributed by atoms with Crippen LogP contribution >= 0.6 is 0 Å². The average molecular weight is 322 g/mol. The first kappa shape index (κ1) is 14.8. The van der Waals surface area contributed by atoms with Gasteiger partial charge in [-0.15, -0.1) is 0 Å². The van der Waals surface area contributed by atoms with Gasteiger partial charge in [-0.3, -0.25) is 9.69 Å². The molecule has 3 heterocycles. The van der Waals surface area contributed by atoms with E-state index in [1.807, 2.05) is 30.3 Å². The van der Waals surface area contributed by atoms with Crippen molar-refractivity contribution in [1.29, 1.82) is 0 Å².